The van der Waals surface area contributed by atoms with Gasteiger partial charge in [-0.05, 0) is 13.0 Å². The summed E-state index contributed by atoms with van der Waals surface area (Å²) in [7, 11) is 1.67. The van der Waals surface area contributed by atoms with E-state index in [1.165, 1.54) is 22.7 Å². The standard InChI is InChI=1S/C18H19FN6O2S.C2H6/c1-11(13-6-4-5-7-15(13)19)27-18(26)23-17-14(10-22-25(17)2)16-20-8-12(9-21-16)24-28-3;1-2/h4-11,24H,1-3H3,(H,23,26);1-2H3. The minimum Gasteiger partial charge on any atom is -0.441 e. The highest BCUT2D eigenvalue weighted by Crippen LogP contribution is 2.26. The first-order valence-corrected chi connectivity index (χ1v) is 10.6. The van der Waals surface area contributed by atoms with Crippen molar-refractivity contribution >= 4 is 29.5 Å². The molecule has 2 N–H and O–H groups in total. The summed E-state index contributed by atoms with van der Waals surface area (Å²) < 4.78 is 23.7. The maximum atomic E-state index is 13.9. The first kappa shape index (κ1) is 23.1. The van der Waals surface area contributed by atoms with Crippen molar-refractivity contribution in [3.63, 3.8) is 0 Å². The zero-order chi connectivity index (χ0) is 22.1. The highest BCUT2D eigenvalue weighted by Gasteiger charge is 2.19. The third kappa shape index (κ3) is 5.69. The van der Waals surface area contributed by atoms with Gasteiger partial charge in [0.1, 0.15) is 17.7 Å². The minimum absolute atomic E-state index is 0.295. The Morgan fingerprint density at radius 1 is 1.20 bits per heavy atom. The number of hydrogen-bond donors (Lipinski definition) is 2. The Labute approximate surface area is 179 Å². The Kier molecular flexibility index (Phi) is 8.60. The average molecular weight is 433 g/mol. The maximum Gasteiger partial charge on any atom is 0.413 e. The van der Waals surface area contributed by atoms with Crippen molar-refractivity contribution in [2.75, 3.05) is 16.3 Å². The molecule has 0 saturated carbocycles. The quantitative estimate of drug-likeness (QED) is 0.527. The minimum atomic E-state index is -0.758. The number of aromatic nitrogens is 4. The van der Waals surface area contributed by atoms with Crippen molar-refractivity contribution in [1.82, 2.24) is 19.7 Å². The highest BCUT2D eigenvalue weighted by molar-refractivity contribution is 7.99. The Morgan fingerprint density at radius 2 is 1.87 bits per heavy atom. The summed E-state index contributed by atoms with van der Waals surface area (Å²) >= 11 is 1.43. The number of carbonyl (C=O) groups is 1. The predicted molar refractivity (Wildman–Crippen MR) is 118 cm³/mol. The molecule has 30 heavy (non-hydrogen) atoms. The second kappa shape index (κ2) is 11.1. The van der Waals surface area contributed by atoms with Gasteiger partial charge in [-0.1, -0.05) is 44.0 Å². The lowest BCUT2D eigenvalue weighted by Crippen LogP contribution is -2.19. The molecular weight excluding hydrogens is 407 g/mol. The third-order valence-electron chi connectivity index (χ3n) is 3.90. The molecule has 3 rings (SSSR count). The Balaban J connectivity index is 0.00000155. The van der Waals surface area contributed by atoms with Gasteiger partial charge in [0.25, 0.3) is 0 Å². The van der Waals surface area contributed by atoms with Crippen LogP contribution in [-0.4, -0.2) is 32.1 Å². The van der Waals surface area contributed by atoms with E-state index in [1.54, 1.807) is 50.8 Å². The summed E-state index contributed by atoms with van der Waals surface area (Å²) in [5, 5.41) is 6.78. The Hall–Kier alpha value is -3.14. The van der Waals surface area contributed by atoms with Crippen molar-refractivity contribution in [2.24, 2.45) is 7.05 Å². The number of benzene rings is 1. The molecule has 1 atom stereocenters. The molecule has 3 aromatic rings. The maximum absolute atomic E-state index is 13.9. The van der Waals surface area contributed by atoms with E-state index in [0.29, 0.717) is 22.8 Å². The van der Waals surface area contributed by atoms with E-state index in [1.807, 2.05) is 20.1 Å². The molecule has 0 aliphatic rings. The molecule has 10 heteroatoms. The van der Waals surface area contributed by atoms with Crippen molar-refractivity contribution in [3.8, 4) is 11.4 Å². The van der Waals surface area contributed by atoms with Crippen molar-refractivity contribution in [1.29, 1.82) is 0 Å². The van der Waals surface area contributed by atoms with Gasteiger partial charge in [-0.25, -0.2) is 19.2 Å². The van der Waals surface area contributed by atoms with E-state index in [4.69, 9.17) is 4.74 Å². The van der Waals surface area contributed by atoms with Gasteiger partial charge in [0.15, 0.2) is 5.82 Å². The van der Waals surface area contributed by atoms with Gasteiger partial charge < -0.3 is 9.46 Å². The summed E-state index contributed by atoms with van der Waals surface area (Å²) in [5.41, 5.74) is 1.59. The van der Waals surface area contributed by atoms with Gasteiger partial charge >= 0.3 is 6.09 Å². The van der Waals surface area contributed by atoms with Gasteiger partial charge in [-0.15, -0.1) is 0 Å². The zero-order valence-electron chi connectivity index (χ0n) is 17.5. The molecular formula is C20H25FN6O2S. The van der Waals surface area contributed by atoms with E-state index in [9.17, 15) is 9.18 Å². The second-order valence-electron chi connectivity index (χ2n) is 5.83. The largest absolute Gasteiger partial charge is 0.441 e. The van der Waals surface area contributed by atoms with Crippen LogP contribution >= 0.6 is 11.9 Å². The number of rotatable bonds is 6. The molecule has 0 aliphatic carbocycles. The van der Waals surface area contributed by atoms with Gasteiger partial charge in [0, 0.05) is 18.9 Å². The lowest BCUT2D eigenvalue weighted by molar-refractivity contribution is 0.119. The summed E-state index contributed by atoms with van der Waals surface area (Å²) in [6.07, 6.45) is 5.22. The van der Waals surface area contributed by atoms with Crippen LogP contribution in [0, 0.1) is 5.82 Å². The molecule has 1 aromatic carbocycles. The summed E-state index contributed by atoms with van der Waals surface area (Å²) in [6, 6.07) is 6.15. The van der Waals surface area contributed by atoms with Gasteiger partial charge in [0.2, 0.25) is 0 Å². The molecule has 2 heterocycles. The van der Waals surface area contributed by atoms with Crippen molar-refractivity contribution in [2.45, 2.75) is 26.9 Å². The van der Waals surface area contributed by atoms with Gasteiger partial charge in [0.05, 0.1) is 29.8 Å². The lowest BCUT2D eigenvalue weighted by atomic mass is 10.1. The normalized spacial score (nSPS) is 11.1. The molecule has 0 fully saturated rings. The summed E-state index contributed by atoms with van der Waals surface area (Å²) in [5.74, 6) is 0.338. The van der Waals surface area contributed by atoms with Crippen LogP contribution in [-0.2, 0) is 11.8 Å². The number of halogens is 1. The van der Waals surface area contributed by atoms with E-state index >= 15 is 0 Å². The SMILES string of the molecule is CC.CSNc1cnc(-c2cnn(C)c2NC(=O)OC(C)c2ccccc2F)nc1. The van der Waals surface area contributed by atoms with Crippen LogP contribution in [0.25, 0.3) is 11.4 Å². The van der Waals surface area contributed by atoms with Crippen LogP contribution in [0.3, 0.4) is 0 Å². The smallest absolute Gasteiger partial charge is 0.413 e. The average Bonchev–Trinajstić information content (AvgIpc) is 3.10. The first-order valence-electron chi connectivity index (χ1n) is 9.35. The molecule has 2 aromatic heterocycles. The van der Waals surface area contributed by atoms with Crippen LogP contribution in [0.15, 0.2) is 42.9 Å². The molecule has 0 radical (unpaired) electrons. The fraction of sp³-hybridized carbons (Fsp3) is 0.300. The number of amides is 1. The third-order valence-corrected chi connectivity index (χ3v) is 4.34. The predicted octanol–water partition coefficient (Wildman–Crippen LogP) is 5.04. The Bertz CT molecular complexity index is 964. The molecule has 0 aliphatic heterocycles. The first-order chi connectivity index (χ1) is 14.5. The number of hydrogen-bond acceptors (Lipinski definition) is 7. The van der Waals surface area contributed by atoms with E-state index < -0.39 is 18.0 Å². The van der Waals surface area contributed by atoms with Crippen LogP contribution < -0.4 is 10.0 Å². The van der Waals surface area contributed by atoms with E-state index in [2.05, 4.69) is 25.1 Å². The van der Waals surface area contributed by atoms with Crippen molar-refractivity contribution < 1.29 is 13.9 Å². The Morgan fingerprint density at radius 3 is 2.50 bits per heavy atom. The van der Waals surface area contributed by atoms with Gasteiger partial charge in [-0.2, -0.15) is 5.10 Å². The topological polar surface area (TPSA) is 94.0 Å². The lowest BCUT2D eigenvalue weighted by Gasteiger charge is -2.15. The van der Waals surface area contributed by atoms with Crippen molar-refractivity contribution in [3.05, 3.63) is 54.2 Å². The number of anilines is 2. The van der Waals surface area contributed by atoms with Gasteiger partial charge in [-0.3, -0.25) is 10.00 Å². The van der Waals surface area contributed by atoms with Crippen LogP contribution in [0.5, 0.6) is 0 Å². The number of nitrogens with zero attached hydrogens (tertiary/aromatic N) is 4. The fourth-order valence-corrected chi connectivity index (χ4v) is 2.88. The monoisotopic (exact) mass is 432 g/mol. The van der Waals surface area contributed by atoms with Crippen LogP contribution in [0.1, 0.15) is 32.4 Å². The number of ether oxygens (including phenoxy) is 1. The summed E-state index contributed by atoms with van der Waals surface area (Å²) in [6.45, 7) is 5.60. The molecule has 0 bridgehead atoms. The fourth-order valence-electron chi connectivity index (χ4n) is 2.54. The number of nitrogens with one attached hydrogen (secondary N) is 2. The van der Waals surface area contributed by atoms with Crippen LogP contribution in [0.2, 0.25) is 0 Å². The van der Waals surface area contributed by atoms with Crippen LogP contribution in [0.4, 0.5) is 20.7 Å². The number of carbonyl (C=O) groups excluding carboxylic acids is 1. The molecule has 0 saturated heterocycles. The highest BCUT2D eigenvalue weighted by atomic mass is 32.2. The second-order valence-corrected chi connectivity index (χ2v) is 6.44. The summed E-state index contributed by atoms with van der Waals surface area (Å²) in [4.78, 5) is 20.9. The molecule has 1 unspecified atom stereocenters. The molecule has 1 amide bonds. The van der Waals surface area contributed by atoms with E-state index in [0.717, 1.165) is 5.69 Å². The number of aryl methyl sites for hydroxylation is 1. The zero-order valence-corrected chi connectivity index (χ0v) is 18.3. The van der Waals surface area contributed by atoms with E-state index in [-0.39, 0.29) is 0 Å². The molecule has 8 nitrogen and oxygen atoms in total. The molecule has 160 valence electrons. The molecule has 0 spiro atoms.